The molecule has 5 heteroatoms. The molecular weight excluding hydrogens is 246 g/mol. The normalized spacial score (nSPS) is 10.5. The van der Waals surface area contributed by atoms with Crippen molar-refractivity contribution in [1.82, 2.24) is 4.98 Å². The maximum atomic E-state index is 11.0. The molecule has 5 nitrogen and oxygen atoms in total. The van der Waals surface area contributed by atoms with Crippen molar-refractivity contribution in [3.8, 4) is 17.2 Å². The lowest BCUT2D eigenvalue weighted by Gasteiger charge is -2.09. The molecule has 0 aliphatic rings. The number of aromatic nitrogens is 1. The number of methoxy groups -OCH3 is 1. The topological polar surface area (TPSA) is 72.6 Å². The molecule has 0 aliphatic heterocycles. The monoisotopic (exact) mass is 261 g/mol. The Morgan fingerprint density at radius 2 is 2.00 bits per heavy atom. The maximum Gasteiger partial charge on any atom is 0.358 e. The van der Waals surface area contributed by atoms with Crippen LogP contribution in [0.5, 0.6) is 5.75 Å². The third-order valence-electron chi connectivity index (χ3n) is 2.88. The molecule has 0 saturated carbocycles. The molecule has 1 aromatic carbocycles. The summed E-state index contributed by atoms with van der Waals surface area (Å²) < 4.78 is 10.8. The lowest BCUT2D eigenvalue weighted by atomic mass is 10.0. The summed E-state index contributed by atoms with van der Waals surface area (Å²) >= 11 is 0. The molecule has 2 aromatic rings. The number of nitrogens with zero attached hydrogens (tertiary/aromatic N) is 1. The van der Waals surface area contributed by atoms with E-state index in [1.54, 1.807) is 14.0 Å². The maximum absolute atomic E-state index is 11.0. The fourth-order valence-corrected chi connectivity index (χ4v) is 2.07. The van der Waals surface area contributed by atoms with E-state index < -0.39 is 5.97 Å². The van der Waals surface area contributed by atoms with Crippen LogP contribution in [0.3, 0.4) is 0 Å². The fourth-order valence-electron chi connectivity index (χ4n) is 2.07. The van der Waals surface area contributed by atoms with Crippen LogP contribution in [0.4, 0.5) is 0 Å². The van der Waals surface area contributed by atoms with Gasteiger partial charge in [-0.2, -0.15) is 0 Å². The number of hydrogen-bond donors (Lipinski definition) is 1. The summed E-state index contributed by atoms with van der Waals surface area (Å²) in [5.41, 5.74) is 2.59. The van der Waals surface area contributed by atoms with Gasteiger partial charge < -0.3 is 14.3 Å². The van der Waals surface area contributed by atoms with E-state index in [9.17, 15) is 4.79 Å². The van der Waals surface area contributed by atoms with Crippen molar-refractivity contribution in [2.24, 2.45) is 0 Å². The minimum absolute atomic E-state index is 0.0722. The number of ether oxygens (including phenoxy) is 1. The first-order valence-corrected chi connectivity index (χ1v) is 5.80. The quantitative estimate of drug-likeness (QED) is 0.919. The van der Waals surface area contributed by atoms with Crippen molar-refractivity contribution in [1.29, 1.82) is 0 Å². The van der Waals surface area contributed by atoms with Gasteiger partial charge in [0, 0.05) is 0 Å². The molecule has 0 saturated heterocycles. The van der Waals surface area contributed by atoms with Crippen LogP contribution in [-0.4, -0.2) is 23.2 Å². The zero-order valence-electron chi connectivity index (χ0n) is 11.3. The summed E-state index contributed by atoms with van der Waals surface area (Å²) in [6, 6.07) is 3.83. The predicted octanol–water partition coefficient (Wildman–Crippen LogP) is 2.97. The molecule has 1 heterocycles. The van der Waals surface area contributed by atoms with Crippen LogP contribution in [0.1, 0.15) is 27.4 Å². The molecule has 100 valence electrons. The Morgan fingerprint density at radius 3 is 2.53 bits per heavy atom. The molecule has 0 amide bonds. The van der Waals surface area contributed by atoms with Crippen LogP contribution in [0.15, 0.2) is 16.5 Å². The third kappa shape index (κ3) is 2.31. The van der Waals surface area contributed by atoms with E-state index in [-0.39, 0.29) is 17.3 Å². The minimum atomic E-state index is -1.10. The van der Waals surface area contributed by atoms with Crippen LogP contribution in [-0.2, 0) is 0 Å². The second-order valence-corrected chi connectivity index (χ2v) is 4.39. The fraction of sp³-hybridized carbons (Fsp3) is 0.286. The van der Waals surface area contributed by atoms with Gasteiger partial charge >= 0.3 is 5.97 Å². The van der Waals surface area contributed by atoms with Crippen molar-refractivity contribution in [3.05, 3.63) is 34.7 Å². The summed E-state index contributed by atoms with van der Waals surface area (Å²) in [6.07, 6.45) is 0. The Balaban J connectivity index is 2.65. The number of aromatic carboxylic acids is 1. The van der Waals surface area contributed by atoms with Crippen LogP contribution in [0.25, 0.3) is 11.5 Å². The van der Waals surface area contributed by atoms with E-state index in [2.05, 4.69) is 4.98 Å². The highest BCUT2D eigenvalue weighted by atomic mass is 16.5. The summed E-state index contributed by atoms with van der Waals surface area (Å²) in [7, 11) is 1.56. The number of carbonyl (C=O) groups is 1. The van der Waals surface area contributed by atoms with Crippen LogP contribution < -0.4 is 4.74 Å². The predicted molar refractivity (Wildman–Crippen MR) is 69.7 cm³/mol. The van der Waals surface area contributed by atoms with Crippen molar-refractivity contribution in [2.75, 3.05) is 7.11 Å². The van der Waals surface area contributed by atoms with Gasteiger partial charge in [0.25, 0.3) is 0 Å². The van der Waals surface area contributed by atoms with Crippen molar-refractivity contribution in [3.63, 3.8) is 0 Å². The minimum Gasteiger partial charge on any atom is -0.496 e. The smallest absolute Gasteiger partial charge is 0.358 e. The molecule has 1 aromatic heterocycles. The second kappa shape index (κ2) is 4.76. The molecule has 19 heavy (non-hydrogen) atoms. The highest BCUT2D eigenvalue weighted by Gasteiger charge is 2.21. The average molecular weight is 261 g/mol. The molecule has 0 bridgehead atoms. The number of benzene rings is 1. The number of hydrogen-bond acceptors (Lipinski definition) is 4. The van der Waals surface area contributed by atoms with Gasteiger partial charge in [-0.3, -0.25) is 0 Å². The molecule has 0 unspecified atom stereocenters. The number of rotatable bonds is 3. The van der Waals surface area contributed by atoms with Gasteiger partial charge in [0.15, 0.2) is 5.69 Å². The van der Waals surface area contributed by atoms with Gasteiger partial charge in [0.05, 0.1) is 12.7 Å². The Morgan fingerprint density at radius 1 is 1.32 bits per heavy atom. The molecular formula is C14H15NO4. The molecule has 0 fully saturated rings. The Labute approximate surface area is 110 Å². The van der Waals surface area contributed by atoms with Crippen LogP contribution >= 0.6 is 0 Å². The van der Waals surface area contributed by atoms with Gasteiger partial charge in [0.2, 0.25) is 5.89 Å². The SMILES string of the molecule is COc1cc(C)cc(C)c1-c1nc(C(=O)O)c(C)o1. The van der Waals surface area contributed by atoms with E-state index in [1.165, 1.54) is 0 Å². The second-order valence-electron chi connectivity index (χ2n) is 4.39. The zero-order chi connectivity index (χ0) is 14.2. The molecule has 1 N–H and O–H groups in total. The molecule has 2 rings (SSSR count). The zero-order valence-corrected chi connectivity index (χ0v) is 11.3. The Hall–Kier alpha value is -2.30. The average Bonchev–Trinajstić information content (AvgIpc) is 2.69. The van der Waals surface area contributed by atoms with E-state index >= 15 is 0 Å². The van der Waals surface area contributed by atoms with Gasteiger partial charge in [-0.1, -0.05) is 6.07 Å². The van der Waals surface area contributed by atoms with Gasteiger partial charge in [0.1, 0.15) is 11.5 Å². The highest BCUT2D eigenvalue weighted by Crippen LogP contribution is 2.34. The Bertz CT molecular complexity index is 643. The first kappa shape index (κ1) is 13.1. The largest absolute Gasteiger partial charge is 0.496 e. The molecule has 0 atom stereocenters. The highest BCUT2D eigenvalue weighted by molar-refractivity contribution is 5.87. The van der Waals surface area contributed by atoms with E-state index in [1.807, 2.05) is 26.0 Å². The lowest BCUT2D eigenvalue weighted by molar-refractivity contribution is 0.0689. The van der Waals surface area contributed by atoms with Gasteiger partial charge in [-0.25, -0.2) is 9.78 Å². The van der Waals surface area contributed by atoms with Crippen molar-refractivity contribution >= 4 is 5.97 Å². The van der Waals surface area contributed by atoms with Gasteiger partial charge in [-0.05, 0) is 38.0 Å². The molecule has 0 spiro atoms. The van der Waals surface area contributed by atoms with Crippen molar-refractivity contribution < 1.29 is 19.1 Å². The Kier molecular flexibility index (Phi) is 3.29. The number of aryl methyl sites for hydroxylation is 3. The lowest BCUT2D eigenvalue weighted by Crippen LogP contribution is -1.99. The standard InChI is InChI=1S/C14H15NO4/c1-7-5-8(2)11(10(6-7)18-4)13-15-12(14(16)17)9(3)19-13/h5-6H,1-4H3,(H,16,17). The van der Waals surface area contributed by atoms with Crippen LogP contribution in [0.2, 0.25) is 0 Å². The number of carboxylic acids is 1. The van der Waals surface area contributed by atoms with E-state index in [0.29, 0.717) is 11.3 Å². The van der Waals surface area contributed by atoms with E-state index in [4.69, 9.17) is 14.3 Å². The first-order chi connectivity index (χ1) is 8.93. The summed E-state index contributed by atoms with van der Waals surface area (Å²) in [6.45, 7) is 5.45. The third-order valence-corrected chi connectivity index (χ3v) is 2.88. The summed E-state index contributed by atoms with van der Waals surface area (Å²) in [5, 5.41) is 9.01. The van der Waals surface area contributed by atoms with Crippen LogP contribution in [0, 0.1) is 20.8 Å². The number of carboxylic acid groups (broad SMARTS) is 1. The van der Waals surface area contributed by atoms with Crippen molar-refractivity contribution in [2.45, 2.75) is 20.8 Å². The summed E-state index contributed by atoms with van der Waals surface area (Å²) in [4.78, 5) is 15.0. The first-order valence-electron chi connectivity index (χ1n) is 5.80. The number of oxazole rings is 1. The van der Waals surface area contributed by atoms with Gasteiger partial charge in [-0.15, -0.1) is 0 Å². The molecule has 0 aliphatic carbocycles. The summed E-state index contributed by atoms with van der Waals surface area (Å²) in [5.74, 6) is 0.0701. The molecule has 0 radical (unpaired) electrons. The van der Waals surface area contributed by atoms with E-state index in [0.717, 1.165) is 11.1 Å².